The van der Waals surface area contributed by atoms with Gasteiger partial charge in [-0.15, -0.1) is 0 Å². The molecule has 0 aliphatic carbocycles. The summed E-state index contributed by atoms with van der Waals surface area (Å²) in [6, 6.07) is 4.85. The molecule has 2 rings (SSSR count). The summed E-state index contributed by atoms with van der Waals surface area (Å²) in [6.45, 7) is 2.56. The van der Waals surface area contributed by atoms with E-state index in [2.05, 4.69) is 31.1 Å². The average molecular weight is 331 g/mol. The highest BCUT2D eigenvalue weighted by Crippen LogP contribution is 2.28. The molecule has 2 aromatic heterocycles. The molecule has 0 bridgehead atoms. The summed E-state index contributed by atoms with van der Waals surface area (Å²) in [5, 5.41) is 14.2. The molecule has 24 heavy (non-hydrogen) atoms. The molecule has 0 atom stereocenters. The first kappa shape index (κ1) is 17.1. The number of rotatable bonds is 8. The van der Waals surface area contributed by atoms with Crippen LogP contribution >= 0.6 is 0 Å². The maximum atomic E-state index is 11.9. The number of carbonyl (C=O) groups excluding carboxylic acids is 1. The normalized spacial score (nSPS) is 10.0. The summed E-state index contributed by atoms with van der Waals surface area (Å²) in [5.74, 6) is -0.555. The molecule has 0 unspecified atom stereocenters. The van der Waals surface area contributed by atoms with Crippen LogP contribution in [0.4, 0.5) is 17.3 Å². The minimum Gasteiger partial charge on any atom is -0.364 e. The van der Waals surface area contributed by atoms with Gasteiger partial charge < -0.3 is 5.32 Å². The lowest BCUT2D eigenvalue weighted by Crippen LogP contribution is -2.31. The van der Waals surface area contributed by atoms with Crippen molar-refractivity contribution >= 4 is 23.2 Å². The van der Waals surface area contributed by atoms with E-state index in [1.165, 1.54) is 18.6 Å². The lowest BCUT2D eigenvalue weighted by atomic mass is 10.3. The molecule has 0 aliphatic heterocycles. The van der Waals surface area contributed by atoms with E-state index >= 15 is 0 Å². The van der Waals surface area contributed by atoms with E-state index in [0.29, 0.717) is 6.54 Å². The van der Waals surface area contributed by atoms with Gasteiger partial charge in [0.05, 0.1) is 4.92 Å². The first-order valence-corrected chi connectivity index (χ1v) is 7.34. The topological polar surface area (TPSA) is 135 Å². The van der Waals surface area contributed by atoms with E-state index in [0.717, 1.165) is 12.8 Å². The zero-order chi connectivity index (χ0) is 17.4. The van der Waals surface area contributed by atoms with Gasteiger partial charge in [-0.3, -0.25) is 30.7 Å². The van der Waals surface area contributed by atoms with Gasteiger partial charge in [-0.05, 0) is 18.6 Å². The molecule has 2 aromatic rings. The second-order valence-electron chi connectivity index (χ2n) is 4.75. The van der Waals surface area contributed by atoms with Crippen molar-refractivity contribution in [3.63, 3.8) is 0 Å². The zero-order valence-corrected chi connectivity index (χ0v) is 13.0. The fourth-order valence-corrected chi connectivity index (χ4v) is 1.83. The molecule has 2 heterocycles. The summed E-state index contributed by atoms with van der Waals surface area (Å²) < 4.78 is 0. The summed E-state index contributed by atoms with van der Waals surface area (Å²) in [7, 11) is 0. The van der Waals surface area contributed by atoms with Crippen molar-refractivity contribution in [3.8, 4) is 0 Å². The van der Waals surface area contributed by atoms with Gasteiger partial charge in [0.15, 0.2) is 0 Å². The number of unbranched alkanes of at least 4 members (excludes halogenated alkanes) is 1. The van der Waals surface area contributed by atoms with Crippen molar-refractivity contribution in [3.05, 3.63) is 46.5 Å². The lowest BCUT2D eigenvalue weighted by Gasteiger charge is -2.10. The molecule has 1 amide bonds. The quantitative estimate of drug-likeness (QED) is 0.378. The predicted octanol–water partition coefficient (Wildman–Crippen LogP) is 1.75. The summed E-state index contributed by atoms with van der Waals surface area (Å²) in [4.78, 5) is 34.2. The van der Waals surface area contributed by atoms with Crippen molar-refractivity contribution in [2.45, 2.75) is 19.8 Å². The Morgan fingerprint density at radius 2 is 2.04 bits per heavy atom. The first-order valence-electron chi connectivity index (χ1n) is 7.34. The van der Waals surface area contributed by atoms with Crippen LogP contribution in [0.1, 0.15) is 30.3 Å². The van der Waals surface area contributed by atoms with E-state index in [4.69, 9.17) is 0 Å². The van der Waals surface area contributed by atoms with E-state index < -0.39 is 10.8 Å². The number of hydrazine groups is 1. The van der Waals surface area contributed by atoms with Gasteiger partial charge in [-0.1, -0.05) is 19.4 Å². The molecule has 0 aromatic carbocycles. The number of carbonyl (C=O) groups is 1. The van der Waals surface area contributed by atoms with Crippen molar-refractivity contribution in [2.75, 3.05) is 17.3 Å². The molecular formula is C14H17N7O3. The highest BCUT2D eigenvalue weighted by atomic mass is 16.6. The Kier molecular flexibility index (Phi) is 5.95. The molecule has 0 spiro atoms. The van der Waals surface area contributed by atoms with Gasteiger partial charge in [0, 0.05) is 12.7 Å². The van der Waals surface area contributed by atoms with E-state index in [1.54, 1.807) is 12.1 Å². The summed E-state index contributed by atoms with van der Waals surface area (Å²) in [6.07, 6.45) is 4.44. The van der Waals surface area contributed by atoms with Gasteiger partial charge in [0.1, 0.15) is 12.0 Å². The minimum atomic E-state index is -0.608. The van der Waals surface area contributed by atoms with Crippen molar-refractivity contribution in [2.24, 2.45) is 0 Å². The fraction of sp³-hybridized carbons (Fsp3) is 0.286. The van der Waals surface area contributed by atoms with Crippen molar-refractivity contribution < 1.29 is 9.72 Å². The number of hydrogen-bond acceptors (Lipinski definition) is 8. The maximum Gasteiger partial charge on any atom is 0.354 e. The third-order valence-electron chi connectivity index (χ3n) is 3.02. The van der Waals surface area contributed by atoms with Crippen LogP contribution in [0.2, 0.25) is 0 Å². The molecule has 10 heteroatoms. The van der Waals surface area contributed by atoms with Crippen LogP contribution in [0.15, 0.2) is 30.7 Å². The van der Waals surface area contributed by atoms with Crippen LogP contribution in [-0.4, -0.2) is 32.3 Å². The highest BCUT2D eigenvalue weighted by molar-refractivity contribution is 5.93. The minimum absolute atomic E-state index is 0.0954. The second-order valence-corrected chi connectivity index (χ2v) is 4.75. The maximum absolute atomic E-state index is 11.9. The van der Waals surface area contributed by atoms with Crippen molar-refractivity contribution in [1.29, 1.82) is 0 Å². The standard InChI is InChI=1S/C14H17N7O3/c1-2-3-7-16-12-11(21(23)24)13(18-9-17-12)19-20-14(22)10-6-4-5-8-15-10/h4-6,8-9H,2-3,7H2,1H3,(H,20,22)(H2,16,17,18,19). The van der Waals surface area contributed by atoms with Gasteiger partial charge >= 0.3 is 5.69 Å². The predicted molar refractivity (Wildman–Crippen MR) is 87.4 cm³/mol. The molecule has 3 N–H and O–H groups in total. The van der Waals surface area contributed by atoms with Crippen LogP contribution in [-0.2, 0) is 0 Å². The fourth-order valence-electron chi connectivity index (χ4n) is 1.83. The molecule has 10 nitrogen and oxygen atoms in total. The third-order valence-corrected chi connectivity index (χ3v) is 3.02. The first-order chi connectivity index (χ1) is 11.6. The van der Waals surface area contributed by atoms with Crippen LogP contribution in [0.5, 0.6) is 0 Å². The molecule has 0 saturated heterocycles. The zero-order valence-electron chi connectivity index (χ0n) is 13.0. The number of amides is 1. The van der Waals surface area contributed by atoms with E-state index in [9.17, 15) is 14.9 Å². The smallest absolute Gasteiger partial charge is 0.354 e. The monoisotopic (exact) mass is 331 g/mol. The highest BCUT2D eigenvalue weighted by Gasteiger charge is 2.23. The van der Waals surface area contributed by atoms with Crippen molar-refractivity contribution in [1.82, 2.24) is 20.4 Å². The Morgan fingerprint density at radius 3 is 2.71 bits per heavy atom. The Balaban J connectivity index is 2.13. The third kappa shape index (κ3) is 4.35. The lowest BCUT2D eigenvalue weighted by molar-refractivity contribution is -0.383. The van der Waals surface area contributed by atoms with Crippen LogP contribution in [0, 0.1) is 10.1 Å². The largest absolute Gasteiger partial charge is 0.364 e. The SMILES string of the molecule is CCCCNc1ncnc(NNC(=O)c2ccccn2)c1[N+](=O)[O-]. The van der Waals surface area contributed by atoms with E-state index in [1.807, 2.05) is 6.92 Å². The molecule has 0 saturated carbocycles. The molecule has 0 radical (unpaired) electrons. The summed E-state index contributed by atoms with van der Waals surface area (Å²) in [5.41, 5.74) is 4.61. The molecule has 126 valence electrons. The number of anilines is 2. The van der Waals surface area contributed by atoms with E-state index in [-0.39, 0.29) is 23.0 Å². The van der Waals surface area contributed by atoms with Crippen LogP contribution in [0.3, 0.4) is 0 Å². The Bertz CT molecular complexity index is 709. The Morgan fingerprint density at radius 1 is 1.25 bits per heavy atom. The molecule has 0 fully saturated rings. The number of hydrogen-bond donors (Lipinski definition) is 3. The molecule has 0 aliphatic rings. The van der Waals surface area contributed by atoms with Gasteiger partial charge in [0.2, 0.25) is 11.6 Å². The van der Waals surface area contributed by atoms with Crippen LogP contribution < -0.4 is 16.2 Å². The second kappa shape index (κ2) is 8.36. The average Bonchev–Trinajstić information content (AvgIpc) is 2.60. The number of nitro groups is 1. The van der Waals surface area contributed by atoms with Gasteiger partial charge in [-0.25, -0.2) is 9.97 Å². The molecular weight excluding hydrogens is 314 g/mol. The number of nitrogens with zero attached hydrogens (tertiary/aromatic N) is 4. The Labute approximate surface area is 137 Å². The van der Waals surface area contributed by atoms with Gasteiger partial charge in [0.25, 0.3) is 5.91 Å². The Hall–Kier alpha value is -3.30. The summed E-state index contributed by atoms with van der Waals surface area (Å²) >= 11 is 0. The number of pyridine rings is 1. The van der Waals surface area contributed by atoms with Crippen LogP contribution in [0.25, 0.3) is 0 Å². The number of aromatic nitrogens is 3. The van der Waals surface area contributed by atoms with Gasteiger partial charge in [-0.2, -0.15) is 0 Å². The number of nitrogens with one attached hydrogen (secondary N) is 3.